The number of ketones is 1. The fourth-order valence-electron chi connectivity index (χ4n) is 3.63. The summed E-state index contributed by atoms with van der Waals surface area (Å²) in [5, 5.41) is 0.542. The molecule has 1 aromatic carbocycles. The summed E-state index contributed by atoms with van der Waals surface area (Å²) in [5.41, 5.74) is 2.52. The minimum Gasteiger partial charge on any atom is -0.315 e. The zero-order valence-corrected chi connectivity index (χ0v) is 18.2. The summed E-state index contributed by atoms with van der Waals surface area (Å²) in [7, 11) is 0. The maximum Gasteiger partial charge on any atom is 0.326 e. The number of carbonyl (C=O) groups is 2. The van der Waals surface area contributed by atoms with Crippen molar-refractivity contribution in [3.8, 4) is 0 Å². The Hall–Kier alpha value is -3.13. The number of pyridine rings is 1. The summed E-state index contributed by atoms with van der Waals surface area (Å²) >= 11 is 1.27. The van der Waals surface area contributed by atoms with Crippen LogP contribution in [0.1, 0.15) is 39.8 Å². The van der Waals surface area contributed by atoms with Crippen molar-refractivity contribution in [2.75, 3.05) is 11.4 Å². The highest BCUT2D eigenvalue weighted by molar-refractivity contribution is 7.17. The Labute approximate surface area is 184 Å². The van der Waals surface area contributed by atoms with Gasteiger partial charge >= 0.3 is 6.03 Å². The average Bonchev–Trinajstić information content (AvgIpc) is 3.29. The number of carbonyl (C=O) groups excluding carboxylic acids is 2. The van der Waals surface area contributed by atoms with Gasteiger partial charge in [0.2, 0.25) is 0 Å². The average molecular weight is 439 g/mol. The van der Waals surface area contributed by atoms with E-state index in [1.807, 2.05) is 19.1 Å². The first-order valence-electron chi connectivity index (χ1n) is 10.1. The van der Waals surface area contributed by atoms with Crippen LogP contribution >= 0.6 is 11.3 Å². The van der Waals surface area contributed by atoms with Crippen LogP contribution in [0, 0.1) is 12.7 Å². The Kier molecular flexibility index (Phi) is 6.08. The zero-order chi connectivity index (χ0) is 22.0. The van der Waals surface area contributed by atoms with Crippen molar-refractivity contribution < 1.29 is 14.0 Å². The van der Waals surface area contributed by atoms with Gasteiger partial charge in [-0.05, 0) is 49.6 Å². The van der Waals surface area contributed by atoms with E-state index in [0.29, 0.717) is 41.6 Å². The molecule has 1 aliphatic heterocycles. The lowest BCUT2D eigenvalue weighted by molar-refractivity contribution is 0.0986. The van der Waals surface area contributed by atoms with E-state index in [9.17, 15) is 14.0 Å². The van der Waals surface area contributed by atoms with Crippen molar-refractivity contribution in [2.45, 2.75) is 39.3 Å². The number of thiazole rings is 1. The SMILES string of the molecule is Cc1nc(N2C[C@@H](C)N(Cc3ccc(F)cc3)C2=O)sc1C(=O)CCc1cccnc1. The number of anilines is 1. The van der Waals surface area contributed by atoms with Gasteiger partial charge in [0.1, 0.15) is 5.82 Å². The van der Waals surface area contributed by atoms with E-state index in [-0.39, 0.29) is 23.7 Å². The summed E-state index contributed by atoms with van der Waals surface area (Å²) in [4.78, 5) is 38.4. The number of halogens is 1. The molecule has 0 N–H and O–H groups in total. The lowest BCUT2D eigenvalue weighted by Crippen LogP contribution is -2.33. The van der Waals surface area contributed by atoms with E-state index in [4.69, 9.17) is 0 Å². The summed E-state index contributed by atoms with van der Waals surface area (Å²) < 4.78 is 13.2. The Morgan fingerprint density at radius 2 is 2.00 bits per heavy atom. The highest BCUT2D eigenvalue weighted by Crippen LogP contribution is 2.32. The van der Waals surface area contributed by atoms with Gasteiger partial charge < -0.3 is 4.90 Å². The maximum absolute atomic E-state index is 13.2. The number of hydrogen-bond acceptors (Lipinski definition) is 5. The third-order valence-corrected chi connectivity index (χ3v) is 6.58. The molecule has 0 saturated carbocycles. The molecule has 0 radical (unpaired) electrons. The molecule has 3 heterocycles. The molecule has 4 rings (SSSR count). The van der Waals surface area contributed by atoms with Gasteiger partial charge in [-0.3, -0.25) is 14.7 Å². The molecular formula is C23H23FN4O2S. The smallest absolute Gasteiger partial charge is 0.315 e. The highest BCUT2D eigenvalue weighted by Gasteiger charge is 2.37. The van der Waals surface area contributed by atoms with Crippen LogP contribution < -0.4 is 4.90 Å². The molecule has 0 spiro atoms. The van der Waals surface area contributed by atoms with Crippen molar-refractivity contribution in [1.82, 2.24) is 14.9 Å². The van der Waals surface area contributed by atoms with E-state index >= 15 is 0 Å². The van der Waals surface area contributed by atoms with Gasteiger partial charge in [0.15, 0.2) is 10.9 Å². The van der Waals surface area contributed by atoms with Gasteiger partial charge in [0, 0.05) is 31.4 Å². The van der Waals surface area contributed by atoms with E-state index in [1.54, 1.807) is 41.2 Å². The number of aromatic nitrogens is 2. The Morgan fingerprint density at radius 3 is 2.71 bits per heavy atom. The molecule has 1 atom stereocenters. The number of nitrogens with zero attached hydrogens (tertiary/aromatic N) is 4. The van der Waals surface area contributed by atoms with E-state index in [2.05, 4.69) is 9.97 Å². The summed E-state index contributed by atoms with van der Waals surface area (Å²) in [6, 6.07) is 9.79. The number of rotatable bonds is 7. The summed E-state index contributed by atoms with van der Waals surface area (Å²) in [5.74, 6) is -0.280. The molecule has 1 fully saturated rings. The third-order valence-electron chi connectivity index (χ3n) is 5.35. The third kappa shape index (κ3) is 4.64. The molecule has 6 nitrogen and oxygen atoms in total. The molecule has 1 saturated heterocycles. The molecule has 8 heteroatoms. The first kappa shape index (κ1) is 21.1. The second-order valence-corrected chi connectivity index (χ2v) is 8.67. The normalized spacial score (nSPS) is 16.2. The molecule has 0 unspecified atom stereocenters. The van der Waals surface area contributed by atoms with Crippen LogP contribution in [0.3, 0.4) is 0 Å². The molecule has 0 aliphatic carbocycles. The zero-order valence-electron chi connectivity index (χ0n) is 17.4. The molecule has 31 heavy (non-hydrogen) atoms. The van der Waals surface area contributed by atoms with Crippen LogP contribution in [-0.2, 0) is 13.0 Å². The first-order valence-corrected chi connectivity index (χ1v) is 11.0. The van der Waals surface area contributed by atoms with Gasteiger partial charge in [-0.2, -0.15) is 0 Å². The topological polar surface area (TPSA) is 66.4 Å². The van der Waals surface area contributed by atoms with Gasteiger partial charge in [0.05, 0.1) is 17.1 Å². The molecule has 160 valence electrons. The lowest BCUT2D eigenvalue weighted by atomic mass is 10.1. The van der Waals surface area contributed by atoms with Gasteiger partial charge in [-0.1, -0.05) is 29.5 Å². The molecule has 2 amide bonds. The fourth-order valence-corrected chi connectivity index (χ4v) is 4.67. The predicted octanol–water partition coefficient (Wildman–Crippen LogP) is 4.63. The van der Waals surface area contributed by atoms with E-state index < -0.39 is 0 Å². The van der Waals surface area contributed by atoms with Crippen molar-refractivity contribution in [3.63, 3.8) is 0 Å². The number of aryl methyl sites for hydroxylation is 2. The standard InChI is InChI=1S/C23H23FN4O2S/c1-15-13-28(23(30)27(15)14-18-5-8-19(24)9-6-18)22-26-16(2)21(31-22)20(29)10-7-17-4-3-11-25-12-17/h3-6,8-9,11-12,15H,7,10,13-14H2,1-2H3/t15-/m1/s1. The van der Waals surface area contributed by atoms with Crippen molar-refractivity contribution in [3.05, 3.63) is 76.3 Å². The van der Waals surface area contributed by atoms with Crippen LogP contribution in [0.15, 0.2) is 48.8 Å². The minimum atomic E-state index is -0.301. The van der Waals surface area contributed by atoms with E-state index in [0.717, 1.165) is 11.1 Å². The Bertz CT molecular complexity index is 1080. The number of amides is 2. The number of urea groups is 1. The van der Waals surface area contributed by atoms with Crippen LogP contribution in [0.25, 0.3) is 0 Å². The Balaban J connectivity index is 1.45. The number of Topliss-reactive ketones (excluding diaryl/α,β-unsaturated/α-hetero) is 1. The molecule has 1 aliphatic rings. The summed E-state index contributed by atoms with van der Waals surface area (Å²) in [6.07, 6.45) is 4.45. The molecule has 2 aromatic heterocycles. The largest absolute Gasteiger partial charge is 0.326 e. The van der Waals surface area contributed by atoms with Crippen LogP contribution in [0.4, 0.5) is 14.3 Å². The quantitative estimate of drug-likeness (QED) is 0.505. The van der Waals surface area contributed by atoms with Gasteiger partial charge in [-0.25, -0.2) is 14.2 Å². The monoisotopic (exact) mass is 438 g/mol. The number of benzene rings is 1. The lowest BCUT2D eigenvalue weighted by Gasteiger charge is -2.20. The van der Waals surface area contributed by atoms with Crippen LogP contribution in [0.2, 0.25) is 0 Å². The fraction of sp³-hybridized carbons (Fsp3) is 0.304. The molecular weight excluding hydrogens is 415 g/mol. The van der Waals surface area contributed by atoms with Crippen LogP contribution in [0.5, 0.6) is 0 Å². The van der Waals surface area contributed by atoms with Crippen molar-refractivity contribution >= 4 is 28.3 Å². The second kappa shape index (κ2) is 8.93. The second-order valence-electron chi connectivity index (χ2n) is 7.69. The first-order chi connectivity index (χ1) is 14.9. The van der Waals surface area contributed by atoms with E-state index in [1.165, 1.54) is 23.5 Å². The van der Waals surface area contributed by atoms with Gasteiger partial charge in [-0.15, -0.1) is 0 Å². The summed E-state index contributed by atoms with van der Waals surface area (Å²) in [6.45, 7) is 4.67. The molecule has 3 aromatic rings. The van der Waals surface area contributed by atoms with Gasteiger partial charge in [0.25, 0.3) is 0 Å². The predicted molar refractivity (Wildman–Crippen MR) is 118 cm³/mol. The van der Waals surface area contributed by atoms with Crippen molar-refractivity contribution in [2.24, 2.45) is 0 Å². The maximum atomic E-state index is 13.2. The Morgan fingerprint density at radius 1 is 1.23 bits per heavy atom. The van der Waals surface area contributed by atoms with Crippen LogP contribution in [-0.4, -0.2) is 39.3 Å². The highest BCUT2D eigenvalue weighted by atomic mass is 32.1. The molecule has 0 bridgehead atoms. The van der Waals surface area contributed by atoms with Crippen molar-refractivity contribution in [1.29, 1.82) is 0 Å². The number of hydrogen-bond donors (Lipinski definition) is 0. The minimum absolute atomic E-state index is 0.0213.